The lowest BCUT2D eigenvalue weighted by atomic mass is 9.83. The third kappa shape index (κ3) is 12.0. The molecule has 88 valence electrons. The van der Waals surface area contributed by atoms with Crippen LogP contribution >= 0.6 is 0 Å². The third-order valence-corrected chi connectivity index (χ3v) is 2.38. The van der Waals surface area contributed by atoms with Gasteiger partial charge in [-0.3, -0.25) is 0 Å². The molecule has 0 spiro atoms. The fraction of sp³-hybridized carbons (Fsp3) is 1.00. The number of hydrogen-bond acceptors (Lipinski definition) is 1. The van der Waals surface area contributed by atoms with Crippen LogP contribution in [0.5, 0.6) is 0 Å². The second-order valence-electron chi connectivity index (χ2n) is 4.84. The summed E-state index contributed by atoms with van der Waals surface area (Å²) in [5, 5.41) is 0. The van der Waals surface area contributed by atoms with Gasteiger partial charge in [-0.05, 0) is 24.2 Å². The quantitative estimate of drug-likeness (QED) is 0.615. The van der Waals surface area contributed by atoms with E-state index in [9.17, 15) is 0 Å². The van der Waals surface area contributed by atoms with Crippen molar-refractivity contribution in [2.45, 2.75) is 60.8 Å². The Morgan fingerprint density at radius 3 is 1.93 bits per heavy atom. The van der Waals surface area contributed by atoms with Crippen LogP contribution in [0, 0.1) is 11.3 Å². The van der Waals surface area contributed by atoms with E-state index < -0.39 is 0 Å². The van der Waals surface area contributed by atoms with E-state index in [-0.39, 0.29) is 0 Å². The summed E-state index contributed by atoms with van der Waals surface area (Å²) < 4.78 is 5.08. The van der Waals surface area contributed by atoms with Gasteiger partial charge in [0.1, 0.15) is 0 Å². The Morgan fingerprint density at radius 1 is 1.07 bits per heavy atom. The molecular formula is C13H30O. The van der Waals surface area contributed by atoms with Gasteiger partial charge in [-0.1, -0.05) is 48.0 Å². The highest BCUT2D eigenvalue weighted by Crippen LogP contribution is 2.28. The second kappa shape index (κ2) is 9.51. The Labute approximate surface area is 91.2 Å². The minimum Gasteiger partial charge on any atom is -0.385 e. The molecule has 0 aliphatic carbocycles. The highest BCUT2D eigenvalue weighted by atomic mass is 16.5. The maximum Gasteiger partial charge on any atom is 0.0467 e. The third-order valence-electron chi connectivity index (χ3n) is 2.38. The van der Waals surface area contributed by atoms with Crippen LogP contribution in [-0.2, 0) is 4.74 Å². The minimum absolute atomic E-state index is 0.459. The molecule has 0 aliphatic rings. The molecule has 1 nitrogen and oxygen atoms in total. The lowest BCUT2D eigenvalue weighted by Gasteiger charge is -2.24. The van der Waals surface area contributed by atoms with Crippen molar-refractivity contribution < 1.29 is 4.74 Å². The molecule has 0 aromatic rings. The van der Waals surface area contributed by atoms with Crippen molar-refractivity contribution in [3.05, 3.63) is 0 Å². The standard InChI is InChI=1S/C11H24O.C2H6/c1-10(2)6-7-11(3,4)8-9-12-5;1-2/h10H,6-9H2,1-5H3;1-2H3. The molecule has 0 fully saturated rings. The van der Waals surface area contributed by atoms with Crippen LogP contribution in [0.4, 0.5) is 0 Å². The van der Waals surface area contributed by atoms with Gasteiger partial charge in [-0.25, -0.2) is 0 Å². The largest absolute Gasteiger partial charge is 0.385 e. The summed E-state index contributed by atoms with van der Waals surface area (Å²) in [7, 11) is 1.78. The van der Waals surface area contributed by atoms with Crippen molar-refractivity contribution in [1.82, 2.24) is 0 Å². The van der Waals surface area contributed by atoms with E-state index in [1.165, 1.54) is 19.3 Å². The smallest absolute Gasteiger partial charge is 0.0467 e. The van der Waals surface area contributed by atoms with Gasteiger partial charge in [0, 0.05) is 13.7 Å². The van der Waals surface area contributed by atoms with Crippen LogP contribution in [0.2, 0.25) is 0 Å². The molecule has 0 unspecified atom stereocenters. The Hall–Kier alpha value is -0.0400. The van der Waals surface area contributed by atoms with Gasteiger partial charge in [0.25, 0.3) is 0 Å². The van der Waals surface area contributed by atoms with E-state index >= 15 is 0 Å². The van der Waals surface area contributed by atoms with Crippen LogP contribution in [-0.4, -0.2) is 13.7 Å². The first-order chi connectivity index (χ1) is 6.48. The lowest BCUT2D eigenvalue weighted by Crippen LogP contribution is -2.14. The predicted octanol–water partition coefficient (Wildman–Crippen LogP) is 4.51. The second-order valence-corrected chi connectivity index (χ2v) is 4.84. The fourth-order valence-corrected chi connectivity index (χ4v) is 1.18. The minimum atomic E-state index is 0.459. The summed E-state index contributed by atoms with van der Waals surface area (Å²) in [6, 6.07) is 0. The van der Waals surface area contributed by atoms with Gasteiger partial charge in [-0.15, -0.1) is 0 Å². The summed E-state index contributed by atoms with van der Waals surface area (Å²) in [5.74, 6) is 0.826. The zero-order valence-electron chi connectivity index (χ0n) is 11.3. The Bertz CT molecular complexity index is 106. The van der Waals surface area contributed by atoms with Crippen LogP contribution in [0.15, 0.2) is 0 Å². The van der Waals surface area contributed by atoms with E-state index in [4.69, 9.17) is 4.74 Å². The molecule has 1 heteroatoms. The zero-order valence-corrected chi connectivity index (χ0v) is 11.3. The molecule has 0 radical (unpaired) electrons. The van der Waals surface area contributed by atoms with Gasteiger partial charge >= 0.3 is 0 Å². The van der Waals surface area contributed by atoms with Gasteiger partial charge in [0.05, 0.1) is 0 Å². The molecule has 0 saturated heterocycles. The Balaban J connectivity index is 0. The van der Waals surface area contributed by atoms with Crippen molar-refractivity contribution in [3.63, 3.8) is 0 Å². The van der Waals surface area contributed by atoms with E-state index in [1.807, 2.05) is 13.8 Å². The topological polar surface area (TPSA) is 9.23 Å². The van der Waals surface area contributed by atoms with Crippen molar-refractivity contribution in [1.29, 1.82) is 0 Å². The highest BCUT2D eigenvalue weighted by Gasteiger charge is 2.17. The zero-order chi connectivity index (χ0) is 11.6. The van der Waals surface area contributed by atoms with Crippen LogP contribution in [0.3, 0.4) is 0 Å². The SMILES string of the molecule is CC.COCCC(C)(C)CCC(C)C. The molecule has 14 heavy (non-hydrogen) atoms. The normalized spacial score (nSPS) is 11.1. The molecular weight excluding hydrogens is 172 g/mol. The fourth-order valence-electron chi connectivity index (χ4n) is 1.18. The maximum absolute atomic E-state index is 5.08. The van der Waals surface area contributed by atoms with Crippen LogP contribution < -0.4 is 0 Å². The first-order valence-corrected chi connectivity index (χ1v) is 5.97. The van der Waals surface area contributed by atoms with Crippen molar-refractivity contribution in [3.8, 4) is 0 Å². The van der Waals surface area contributed by atoms with Gasteiger partial charge in [0.2, 0.25) is 0 Å². The molecule has 0 aromatic heterocycles. The maximum atomic E-state index is 5.08. The van der Waals surface area contributed by atoms with Crippen LogP contribution in [0.25, 0.3) is 0 Å². The summed E-state index contributed by atoms with van der Waals surface area (Å²) in [6.07, 6.45) is 3.82. The molecule has 0 heterocycles. The molecule has 0 rings (SSSR count). The summed E-state index contributed by atoms with van der Waals surface area (Å²) in [5.41, 5.74) is 0.459. The summed E-state index contributed by atoms with van der Waals surface area (Å²) in [4.78, 5) is 0. The van der Waals surface area contributed by atoms with Gasteiger partial charge < -0.3 is 4.74 Å². The van der Waals surface area contributed by atoms with Crippen molar-refractivity contribution >= 4 is 0 Å². The average molecular weight is 202 g/mol. The average Bonchev–Trinajstić information content (AvgIpc) is 2.15. The van der Waals surface area contributed by atoms with Crippen LogP contribution in [0.1, 0.15) is 60.8 Å². The first kappa shape index (κ1) is 16.4. The molecule has 0 saturated carbocycles. The number of ether oxygens (including phenoxy) is 1. The van der Waals surface area contributed by atoms with Gasteiger partial charge in [0.15, 0.2) is 0 Å². The van der Waals surface area contributed by atoms with Crippen molar-refractivity contribution in [2.24, 2.45) is 11.3 Å². The highest BCUT2D eigenvalue weighted by molar-refractivity contribution is 4.68. The molecule has 0 aromatic carbocycles. The van der Waals surface area contributed by atoms with E-state index in [0.717, 1.165) is 12.5 Å². The Kier molecular flexibility index (Phi) is 11.1. The predicted molar refractivity (Wildman–Crippen MR) is 65.7 cm³/mol. The van der Waals surface area contributed by atoms with E-state index in [0.29, 0.717) is 5.41 Å². The monoisotopic (exact) mass is 202 g/mol. The molecule has 0 bridgehead atoms. The summed E-state index contributed by atoms with van der Waals surface area (Å²) >= 11 is 0. The molecule has 0 atom stereocenters. The van der Waals surface area contributed by atoms with Crippen molar-refractivity contribution in [2.75, 3.05) is 13.7 Å². The van der Waals surface area contributed by atoms with E-state index in [1.54, 1.807) is 7.11 Å². The van der Waals surface area contributed by atoms with E-state index in [2.05, 4.69) is 27.7 Å². The number of methoxy groups -OCH3 is 1. The molecule has 0 N–H and O–H groups in total. The Morgan fingerprint density at radius 2 is 1.57 bits per heavy atom. The molecule has 0 aliphatic heterocycles. The number of rotatable bonds is 6. The number of hydrogen-bond donors (Lipinski definition) is 0. The lowest BCUT2D eigenvalue weighted by molar-refractivity contribution is 0.144. The summed E-state index contributed by atoms with van der Waals surface area (Å²) in [6.45, 7) is 14.1. The first-order valence-electron chi connectivity index (χ1n) is 5.97. The van der Waals surface area contributed by atoms with Gasteiger partial charge in [-0.2, -0.15) is 0 Å². The molecule has 0 amide bonds.